The molecule has 0 unspecified atom stereocenters. The molecule has 2 N–H and O–H groups in total. The second-order valence-electron chi connectivity index (χ2n) is 3.44. The summed E-state index contributed by atoms with van der Waals surface area (Å²) in [6.07, 6.45) is -4.28. The van der Waals surface area contributed by atoms with Crippen molar-refractivity contribution in [3.05, 3.63) is 35.4 Å². The Labute approximate surface area is 92.9 Å². The second kappa shape index (κ2) is 5.86. The Bertz CT molecular complexity index is 323. The van der Waals surface area contributed by atoms with Crippen LogP contribution in [-0.4, -0.2) is 20.1 Å². The molecule has 0 aliphatic carbocycles. The predicted octanol–water partition coefficient (Wildman–Crippen LogP) is 2.01. The molecular weight excluding hydrogens is 217 g/mol. The van der Waals surface area contributed by atoms with Gasteiger partial charge in [0.15, 0.2) is 0 Å². The Balaban J connectivity index is 2.65. The smallest absolute Gasteiger partial charge is 0.318 e. The third kappa shape index (κ3) is 3.83. The van der Waals surface area contributed by atoms with E-state index in [0.717, 1.165) is 12.6 Å². The number of likely N-dealkylation sites (N-methyl/N-ethyl adjacent to an activating group) is 1. The van der Waals surface area contributed by atoms with Gasteiger partial charge in [-0.1, -0.05) is 18.2 Å². The van der Waals surface area contributed by atoms with E-state index < -0.39 is 11.7 Å². The monoisotopic (exact) mass is 232 g/mol. The molecule has 0 aliphatic heterocycles. The first-order valence-corrected chi connectivity index (χ1v) is 5.06. The Hall–Kier alpha value is -1.07. The predicted molar refractivity (Wildman–Crippen MR) is 57.1 cm³/mol. The average Bonchev–Trinajstić information content (AvgIpc) is 2.24. The van der Waals surface area contributed by atoms with Gasteiger partial charge in [-0.05, 0) is 18.7 Å². The van der Waals surface area contributed by atoms with E-state index in [9.17, 15) is 13.2 Å². The third-order valence-electron chi connectivity index (χ3n) is 2.19. The zero-order valence-electron chi connectivity index (χ0n) is 9.06. The number of alkyl halides is 3. The summed E-state index contributed by atoms with van der Waals surface area (Å²) in [5.74, 6) is 0. The van der Waals surface area contributed by atoms with E-state index in [1.807, 2.05) is 0 Å². The first kappa shape index (κ1) is 13.0. The highest BCUT2D eigenvalue weighted by Crippen LogP contribution is 2.31. The van der Waals surface area contributed by atoms with Crippen molar-refractivity contribution in [1.29, 1.82) is 0 Å². The summed E-state index contributed by atoms with van der Waals surface area (Å²) >= 11 is 0. The molecule has 1 aromatic carbocycles. The lowest BCUT2D eigenvalue weighted by Gasteiger charge is -2.13. The maximum absolute atomic E-state index is 12.6. The number of rotatable bonds is 5. The van der Waals surface area contributed by atoms with Crippen molar-refractivity contribution in [3.8, 4) is 0 Å². The normalized spacial score (nSPS) is 11.8. The summed E-state index contributed by atoms with van der Waals surface area (Å²) in [6, 6.07) is 5.62. The summed E-state index contributed by atoms with van der Waals surface area (Å²) in [5.41, 5.74) is -0.280. The molecule has 16 heavy (non-hydrogen) atoms. The van der Waals surface area contributed by atoms with Gasteiger partial charge in [-0.3, -0.25) is 0 Å². The van der Waals surface area contributed by atoms with Crippen LogP contribution in [-0.2, 0) is 12.7 Å². The van der Waals surface area contributed by atoms with Crippen molar-refractivity contribution in [1.82, 2.24) is 10.6 Å². The van der Waals surface area contributed by atoms with Crippen LogP contribution >= 0.6 is 0 Å². The number of hydrogen-bond donors (Lipinski definition) is 2. The molecule has 1 aromatic rings. The summed E-state index contributed by atoms with van der Waals surface area (Å²) < 4.78 is 37.8. The van der Waals surface area contributed by atoms with Crippen LogP contribution in [0.4, 0.5) is 13.2 Å². The standard InChI is InChI=1S/C11H15F3N2/c1-15-6-7-16-8-9-4-2-3-5-10(9)11(12,13)14/h2-5,15-16H,6-8H2,1H3. The second-order valence-corrected chi connectivity index (χ2v) is 3.44. The van der Waals surface area contributed by atoms with Crippen LogP contribution in [0.1, 0.15) is 11.1 Å². The van der Waals surface area contributed by atoms with Gasteiger partial charge >= 0.3 is 6.18 Å². The average molecular weight is 232 g/mol. The summed E-state index contributed by atoms with van der Waals surface area (Å²) in [6.45, 7) is 1.61. The Kier molecular flexibility index (Phi) is 4.76. The molecule has 0 amide bonds. The van der Waals surface area contributed by atoms with E-state index in [4.69, 9.17) is 0 Å². The van der Waals surface area contributed by atoms with Crippen LogP contribution in [0, 0.1) is 0 Å². The SMILES string of the molecule is CNCCNCc1ccccc1C(F)(F)F. The van der Waals surface area contributed by atoms with Crippen molar-refractivity contribution in [2.24, 2.45) is 0 Å². The molecule has 0 saturated heterocycles. The Morgan fingerprint density at radius 1 is 1.12 bits per heavy atom. The highest BCUT2D eigenvalue weighted by Gasteiger charge is 2.32. The molecule has 0 atom stereocenters. The lowest BCUT2D eigenvalue weighted by atomic mass is 10.1. The molecule has 0 aromatic heterocycles. The van der Waals surface area contributed by atoms with Crippen molar-refractivity contribution >= 4 is 0 Å². The molecule has 1 rings (SSSR count). The van der Waals surface area contributed by atoms with Gasteiger partial charge in [0.25, 0.3) is 0 Å². The van der Waals surface area contributed by atoms with Gasteiger partial charge in [0.2, 0.25) is 0 Å². The Morgan fingerprint density at radius 3 is 2.44 bits per heavy atom. The fourth-order valence-electron chi connectivity index (χ4n) is 1.39. The molecule has 0 aliphatic rings. The van der Waals surface area contributed by atoms with Gasteiger partial charge in [0.1, 0.15) is 0 Å². The number of halogens is 3. The van der Waals surface area contributed by atoms with E-state index in [2.05, 4.69) is 10.6 Å². The van der Waals surface area contributed by atoms with E-state index >= 15 is 0 Å². The zero-order valence-corrected chi connectivity index (χ0v) is 9.06. The van der Waals surface area contributed by atoms with Crippen LogP contribution in [0.5, 0.6) is 0 Å². The van der Waals surface area contributed by atoms with Crippen LogP contribution in [0.3, 0.4) is 0 Å². The topological polar surface area (TPSA) is 24.1 Å². The maximum atomic E-state index is 12.6. The maximum Gasteiger partial charge on any atom is 0.416 e. The van der Waals surface area contributed by atoms with Crippen LogP contribution in [0.25, 0.3) is 0 Å². The largest absolute Gasteiger partial charge is 0.416 e. The van der Waals surface area contributed by atoms with Crippen LogP contribution in [0.15, 0.2) is 24.3 Å². The molecule has 5 heteroatoms. The summed E-state index contributed by atoms with van der Waals surface area (Å²) in [4.78, 5) is 0. The van der Waals surface area contributed by atoms with Crippen LogP contribution < -0.4 is 10.6 Å². The summed E-state index contributed by atoms with van der Waals surface area (Å²) in [7, 11) is 1.80. The number of nitrogens with one attached hydrogen (secondary N) is 2. The van der Waals surface area contributed by atoms with Gasteiger partial charge in [-0.2, -0.15) is 13.2 Å². The van der Waals surface area contributed by atoms with Crippen molar-refractivity contribution in [2.75, 3.05) is 20.1 Å². The van der Waals surface area contributed by atoms with E-state index in [0.29, 0.717) is 6.54 Å². The molecule has 0 fully saturated rings. The number of benzene rings is 1. The third-order valence-corrected chi connectivity index (χ3v) is 2.19. The quantitative estimate of drug-likeness (QED) is 0.759. The minimum absolute atomic E-state index is 0.233. The van der Waals surface area contributed by atoms with Gasteiger partial charge in [-0.15, -0.1) is 0 Å². The molecule has 90 valence electrons. The van der Waals surface area contributed by atoms with E-state index in [1.165, 1.54) is 12.1 Å². The Morgan fingerprint density at radius 2 is 1.81 bits per heavy atom. The molecule has 0 saturated carbocycles. The lowest BCUT2D eigenvalue weighted by Crippen LogP contribution is -2.25. The number of hydrogen-bond acceptors (Lipinski definition) is 2. The van der Waals surface area contributed by atoms with Crippen molar-refractivity contribution < 1.29 is 13.2 Å². The molecule has 0 spiro atoms. The van der Waals surface area contributed by atoms with Crippen LogP contribution in [0.2, 0.25) is 0 Å². The minimum atomic E-state index is -4.28. The van der Waals surface area contributed by atoms with Gasteiger partial charge < -0.3 is 10.6 Å². The van der Waals surface area contributed by atoms with Gasteiger partial charge in [0.05, 0.1) is 5.56 Å². The van der Waals surface area contributed by atoms with Gasteiger partial charge in [-0.25, -0.2) is 0 Å². The molecule has 2 nitrogen and oxygen atoms in total. The zero-order chi connectivity index (χ0) is 12.0. The summed E-state index contributed by atoms with van der Waals surface area (Å²) in [5, 5.41) is 5.87. The molecular formula is C11H15F3N2. The van der Waals surface area contributed by atoms with Gasteiger partial charge in [0, 0.05) is 19.6 Å². The first-order chi connectivity index (χ1) is 7.55. The van der Waals surface area contributed by atoms with E-state index in [1.54, 1.807) is 13.1 Å². The van der Waals surface area contributed by atoms with Crippen molar-refractivity contribution in [2.45, 2.75) is 12.7 Å². The first-order valence-electron chi connectivity index (χ1n) is 5.06. The fraction of sp³-hybridized carbons (Fsp3) is 0.455. The highest BCUT2D eigenvalue weighted by molar-refractivity contribution is 5.29. The minimum Gasteiger partial charge on any atom is -0.318 e. The molecule has 0 heterocycles. The molecule has 0 radical (unpaired) electrons. The highest BCUT2D eigenvalue weighted by atomic mass is 19.4. The lowest BCUT2D eigenvalue weighted by molar-refractivity contribution is -0.138. The molecule has 0 bridgehead atoms. The van der Waals surface area contributed by atoms with Crippen molar-refractivity contribution in [3.63, 3.8) is 0 Å². The fourth-order valence-corrected chi connectivity index (χ4v) is 1.39. The van der Waals surface area contributed by atoms with E-state index in [-0.39, 0.29) is 12.1 Å².